The van der Waals surface area contributed by atoms with Crippen LogP contribution in [0.3, 0.4) is 0 Å². The van der Waals surface area contributed by atoms with Crippen molar-refractivity contribution in [2.75, 3.05) is 18.8 Å². The smallest absolute Gasteiger partial charge is 0.311 e. The Bertz CT molecular complexity index is 817. The average Bonchev–Trinajstić information content (AvgIpc) is 3.19. The number of nitrogens with zero attached hydrogens (tertiary/aromatic N) is 1. The Kier molecular flexibility index (Phi) is 4.62. The number of aryl methyl sites for hydroxylation is 2. The number of aliphatic carboxylic acids is 1. The number of likely N-dealkylation sites (tertiary alicyclic amines) is 1. The molecule has 1 aromatic rings. The first-order valence-corrected chi connectivity index (χ1v) is 10.2. The first-order chi connectivity index (χ1) is 11.7. The molecule has 0 radical (unpaired) electrons. The van der Waals surface area contributed by atoms with Gasteiger partial charge in [-0.1, -0.05) is 6.07 Å². The SMILES string of the molecule is CC1(C(=O)O)CCN(C(=O)CCS(=O)(=O)c2ccc3c(c2)CCC3)C1. The molecule has 7 heteroatoms. The minimum absolute atomic E-state index is 0.116. The zero-order valence-corrected chi connectivity index (χ0v) is 15.1. The summed E-state index contributed by atoms with van der Waals surface area (Å²) in [5.41, 5.74) is 1.36. The molecule has 1 aromatic carbocycles. The molecule has 0 bridgehead atoms. The summed E-state index contributed by atoms with van der Waals surface area (Å²) in [5.74, 6) is -1.46. The molecule has 0 saturated carbocycles. The molecule has 25 heavy (non-hydrogen) atoms. The van der Waals surface area contributed by atoms with E-state index in [1.54, 1.807) is 19.1 Å². The van der Waals surface area contributed by atoms with Crippen LogP contribution in [0.15, 0.2) is 23.1 Å². The van der Waals surface area contributed by atoms with Gasteiger partial charge in [-0.15, -0.1) is 0 Å². The van der Waals surface area contributed by atoms with E-state index in [0.717, 1.165) is 24.8 Å². The standard InChI is InChI=1S/C18H23NO5S/c1-18(17(21)22)8-9-19(12-18)16(20)7-10-25(23,24)15-6-5-13-3-2-4-14(13)11-15/h5-6,11H,2-4,7-10,12H2,1H3,(H,21,22). The second-order valence-corrected chi connectivity index (χ2v) is 9.39. The number of fused-ring (bicyclic) bond motifs is 1. The predicted molar refractivity (Wildman–Crippen MR) is 92.1 cm³/mol. The zero-order chi connectivity index (χ0) is 18.2. The highest BCUT2D eigenvalue weighted by molar-refractivity contribution is 7.91. The van der Waals surface area contributed by atoms with Crippen LogP contribution in [0.4, 0.5) is 0 Å². The molecule has 2 aliphatic rings. The largest absolute Gasteiger partial charge is 0.481 e. The third-order valence-electron chi connectivity index (χ3n) is 5.36. The number of rotatable bonds is 5. The van der Waals surface area contributed by atoms with E-state index in [1.807, 2.05) is 6.07 Å². The van der Waals surface area contributed by atoms with Gasteiger partial charge < -0.3 is 10.0 Å². The lowest BCUT2D eigenvalue weighted by Gasteiger charge is -2.20. The van der Waals surface area contributed by atoms with Gasteiger partial charge in [0.05, 0.1) is 16.1 Å². The lowest BCUT2D eigenvalue weighted by atomic mass is 9.90. The van der Waals surface area contributed by atoms with E-state index < -0.39 is 21.2 Å². The Morgan fingerprint density at radius 2 is 1.96 bits per heavy atom. The highest BCUT2D eigenvalue weighted by Gasteiger charge is 2.42. The van der Waals surface area contributed by atoms with Crippen molar-refractivity contribution in [2.24, 2.45) is 5.41 Å². The number of carboxylic acid groups (broad SMARTS) is 1. The summed E-state index contributed by atoms with van der Waals surface area (Å²) >= 11 is 0. The summed E-state index contributed by atoms with van der Waals surface area (Å²) < 4.78 is 25.0. The second kappa shape index (κ2) is 6.44. The van der Waals surface area contributed by atoms with Crippen molar-refractivity contribution >= 4 is 21.7 Å². The van der Waals surface area contributed by atoms with E-state index in [1.165, 1.54) is 10.5 Å². The normalized spacial score (nSPS) is 22.8. The summed E-state index contributed by atoms with van der Waals surface area (Å²) in [6.07, 6.45) is 3.22. The molecular formula is C18H23NO5S. The molecule has 1 N–H and O–H groups in total. The molecule has 1 aliphatic heterocycles. The topological polar surface area (TPSA) is 91.8 Å². The van der Waals surface area contributed by atoms with E-state index in [-0.39, 0.29) is 29.5 Å². The number of benzene rings is 1. The molecule has 0 spiro atoms. The quantitative estimate of drug-likeness (QED) is 0.857. The summed E-state index contributed by atoms with van der Waals surface area (Å²) in [5, 5.41) is 9.22. The van der Waals surface area contributed by atoms with Crippen molar-refractivity contribution in [1.29, 1.82) is 0 Å². The Hall–Kier alpha value is -1.89. The molecule has 1 unspecified atom stereocenters. The molecule has 136 valence electrons. The van der Waals surface area contributed by atoms with Crippen molar-refractivity contribution < 1.29 is 23.1 Å². The van der Waals surface area contributed by atoms with Crippen LogP contribution in [0, 0.1) is 5.41 Å². The molecular weight excluding hydrogens is 342 g/mol. The van der Waals surface area contributed by atoms with E-state index in [4.69, 9.17) is 0 Å². The summed E-state index contributed by atoms with van der Waals surface area (Å²) in [6.45, 7) is 2.12. The van der Waals surface area contributed by atoms with Crippen molar-refractivity contribution in [3.8, 4) is 0 Å². The molecule has 1 heterocycles. The van der Waals surface area contributed by atoms with Crippen LogP contribution in [0.1, 0.15) is 37.3 Å². The summed E-state index contributed by atoms with van der Waals surface area (Å²) in [4.78, 5) is 25.3. The number of carboxylic acids is 1. The molecule has 1 amide bonds. The van der Waals surface area contributed by atoms with E-state index in [9.17, 15) is 23.1 Å². The number of carbonyl (C=O) groups excluding carboxylic acids is 1. The fraction of sp³-hybridized carbons (Fsp3) is 0.556. The third kappa shape index (κ3) is 3.56. The maximum absolute atomic E-state index is 12.5. The van der Waals surface area contributed by atoms with Crippen LogP contribution in [-0.2, 0) is 32.3 Å². The number of carbonyl (C=O) groups is 2. The van der Waals surface area contributed by atoms with Gasteiger partial charge in [-0.05, 0) is 55.9 Å². The van der Waals surface area contributed by atoms with Crippen LogP contribution >= 0.6 is 0 Å². The minimum atomic E-state index is -3.52. The summed E-state index contributed by atoms with van der Waals surface area (Å²) in [7, 11) is -3.52. The van der Waals surface area contributed by atoms with Crippen molar-refractivity contribution in [2.45, 2.75) is 43.9 Å². The third-order valence-corrected chi connectivity index (χ3v) is 7.07. The Morgan fingerprint density at radius 3 is 2.64 bits per heavy atom. The van der Waals surface area contributed by atoms with Crippen LogP contribution in [0.25, 0.3) is 0 Å². The van der Waals surface area contributed by atoms with Crippen LogP contribution in [0.5, 0.6) is 0 Å². The monoisotopic (exact) mass is 365 g/mol. The fourth-order valence-corrected chi connectivity index (χ4v) is 4.86. The van der Waals surface area contributed by atoms with Gasteiger partial charge in [0.25, 0.3) is 0 Å². The number of hydrogen-bond acceptors (Lipinski definition) is 4. The lowest BCUT2D eigenvalue weighted by molar-refractivity contribution is -0.147. The molecule has 6 nitrogen and oxygen atoms in total. The predicted octanol–water partition coefficient (Wildman–Crippen LogP) is 1.66. The molecule has 0 aromatic heterocycles. The average molecular weight is 365 g/mol. The van der Waals surface area contributed by atoms with Gasteiger partial charge >= 0.3 is 5.97 Å². The van der Waals surface area contributed by atoms with Crippen LogP contribution in [-0.4, -0.2) is 49.1 Å². The van der Waals surface area contributed by atoms with Crippen molar-refractivity contribution in [1.82, 2.24) is 4.90 Å². The highest BCUT2D eigenvalue weighted by Crippen LogP contribution is 2.31. The lowest BCUT2D eigenvalue weighted by Crippen LogP contribution is -2.35. The van der Waals surface area contributed by atoms with E-state index in [0.29, 0.717) is 13.0 Å². The molecule has 1 fully saturated rings. The van der Waals surface area contributed by atoms with Gasteiger partial charge in [0.2, 0.25) is 5.91 Å². The van der Waals surface area contributed by atoms with Gasteiger partial charge in [-0.25, -0.2) is 8.42 Å². The molecule has 1 aliphatic carbocycles. The summed E-state index contributed by atoms with van der Waals surface area (Å²) in [6, 6.07) is 5.23. The van der Waals surface area contributed by atoms with Crippen molar-refractivity contribution in [3.63, 3.8) is 0 Å². The van der Waals surface area contributed by atoms with Gasteiger partial charge in [0.15, 0.2) is 9.84 Å². The molecule has 1 atom stereocenters. The number of amides is 1. The maximum atomic E-state index is 12.5. The van der Waals surface area contributed by atoms with Gasteiger partial charge in [-0.3, -0.25) is 9.59 Å². The first-order valence-electron chi connectivity index (χ1n) is 8.57. The van der Waals surface area contributed by atoms with Gasteiger partial charge in [0, 0.05) is 19.5 Å². The van der Waals surface area contributed by atoms with Gasteiger partial charge in [-0.2, -0.15) is 0 Å². The second-order valence-electron chi connectivity index (χ2n) is 7.28. The zero-order valence-electron chi connectivity index (χ0n) is 14.3. The van der Waals surface area contributed by atoms with Crippen LogP contribution < -0.4 is 0 Å². The Labute approximate surface area is 147 Å². The number of sulfone groups is 1. The maximum Gasteiger partial charge on any atom is 0.311 e. The Balaban J connectivity index is 1.63. The van der Waals surface area contributed by atoms with E-state index >= 15 is 0 Å². The van der Waals surface area contributed by atoms with E-state index in [2.05, 4.69) is 0 Å². The van der Waals surface area contributed by atoms with Gasteiger partial charge in [0.1, 0.15) is 0 Å². The highest BCUT2D eigenvalue weighted by atomic mass is 32.2. The van der Waals surface area contributed by atoms with Crippen LogP contribution in [0.2, 0.25) is 0 Å². The fourth-order valence-electron chi connectivity index (χ4n) is 3.59. The molecule has 1 saturated heterocycles. The Morgan fingerprint density at radius 1 is 1.24 bits per heavy atom. The van der Waals surface area contributed by atoms with Crippen molar-refractivity contribution in [3.05, 3.63) is 29.3 Å². The number of hydrogen-bond donors (Lipinski definition) is 1. The minimum Gasteiger partial charge on any atom is -0.481 e. The first kappa shape index (κ1) is 17.9. The molecule has 3 rings (SSSR count).